The summed E-state index contributed by atoms with van der Waals surface area (Å²) in [5, 5.41) is 13.1. The van der Waals surface area contributed by atoms with Crippen LogP contribution in [0.5, 0.6) is 11.5 Å². The summed E-state index contributed by atoms with van der Waals surface area (Å²) in [5.74, 6) is 0.726. The number of ether oxygens (including phenoxy) is 1. The number of hydrogen-bond acceptors (Lipinski definition) is 4. The normalized spacial score (nSPS) is 15.9. The summed E-state index contributed by atoms with van der Waals surface area (Å²) in [7, 11) is 3.78. The van der Waals surface area contributed by atoms with Gasteiger partial charge in [0.05, 0.1) is 7.11 Å². The summed E-state index contributed by atoms with van der Waals surface area (Å²) in [5.41, 5.74) is 1.08. The average Bonchev–Trinajstić information content (AvgIpc) is 2.98. The summed E-state index contributed by atoms with van der Waals surface area (Å²) in [6.45, 7) is 2.82. The zero-order valence-electron chi connectivity index (χ0n) is 12.6. The fourth-order valence-corrected chi connectivity index (χ4v) is 2.86. The zero-order chi connectivity index (χ0) is 14.4. The van der Waals surface area contributed by atoms with E-state index in [2.05, 4.69) is 17.3 Å². The summed E-state index contributed by atoms with van der Waals surface area (Å²) in [6.07, 6.45) is 5.47. The van der Waals surface area contributed by atoms with Gasteiger partial charge in [0.2, 0.25) is 0 Å². The van der Waals surface area contributed by atoms with Gasteiger partial charge in [0.15, 0.2) is 11.5 Å². The standard InChI is InChI=1S/C16H26N2O2/c1-18(14-5-3-4-6-14)10-9-17-12-13-7-8-16(20-2)15(19)11-13/h7-8,11,14,17,19H,3-6,9-10,12H2,1-2H3. The smallest absolute Gasteiger partial charge is 0.160 e. The first kappa shape index (κ1) is 15.1. The molecule has 112 valence electrons. The Morgan fingerprint density at radius 2 is 2.10 bits per heavy atom. The van der Waals surface area contributed by atoms with Crippen molar-refractivity contribution in [1.29, 1.82) is 0 Å². The first-order chi connectivity index (χ1) is 9.70. The number of benzene rings is 1. The Bertz CT molecular complexity index is 417. The first-order valence-electron chi connectivity index (χ1n) is 7.47. The van der Waals surface area contributed by atoms with Gasteiger partial charge in [-0.25, -0.2) is 0 Å². The maximum absolute atomic E-state index is 9.72. The molecule has 1 aliphatic carbocycles. The highest BCUT2D eigenvalue weighted by atomic mass is 16.5. The number of hydrogen-bond donors (Lipinski definition) is 2. The van der Waals surface area contributed by atoms with Gasteiger partial charge in [-0.15, -0.1) is 0 Å². The quantitative estimate of drug-likeness (QED) is 0.752. The molecule has 0 aromatic heterocycles. The summed E-state index contributed by atoms with van der Waals surface area (Å²) in [4.78, 5) is 2.46. The maximum atomic E-state index is 9.72. The van der Waals surface area contributed by atoms with Gasteiger partial charge < -0.3 is 20.1 Å². The molecule has 1 aliphatic rings. The van der Waals surface area contributed by atoms with Crippen molar-refractivity contribution in [1.82, 2.24) is 10.2 Å². The maximum Gasteiger partial charge on any atom is 0.160 e. The lowest BCUT2D eigenvalue weighted by Crippen LogP contribution is -2.35. The van der Waals surface area contributed by atoms with Gasteiger partial charge in [-0.2, -0.15) is 0 Å². The molecular weight excluding hydrogens is 252 g/mol. The van der Waals surface area contributed by atoms with E-state index in [-0.39, 0.29) is 5.75 Å². The minimum Gasteiger partial charge on any atom is -0.504 e. The third-order valence-corrected chi connectivity index (χ3v) is 4.16. The number of phenolic OH excluding ortho intramolecular Hbond substituents is 1. The molecule has 0 atom stereocenters. The van der Waals surface area contributed by atoms with Crippen molar-refractivity contribution in [3.05, 3.63) is 23.8 Å². The molecule has 1 fully saturated rings. The molecule has 20 heavy (non-hydrogen) atoms. The second kappa shape index (κ2) is 7.50. The minimum absolute atomic E-state index is 0.204. The lowest BCUT2D eigenvalue weighted by atomic mass is 10.2. The van der Waals surface area contributed by atoms with Crippen molar-refractivity contribution in [2.24, 2.45) is 0 Å². The van der Waals surface area contributed by atoms with Crippen molar-refractivity contribution in [3.8, 4) is 11.5 Å². The summed E-state index contributed by atoms with van der Waals surface area (Å²) >= 11 is 0. The van der Waals surface area contributed by atoms with Crippen LogP contribution >= 0.6 is 0 Å². The van der Waals surface area contributed by atoms with Crippen LogP contribution in [0.4, 0.5) is 0 Å². The van der Waals surface area contributed by atoms with Gasteiger partial charge in [-0.3, -0.25) is 0 Å². The molecule has 0 bridgehead atoms. The highest BCUT2D eigenvalue weighted by molar-refractivity contribution is 5.41. The average molecular weight is 278 g/mol. The van der Waals surface area contributed by atoms with Crippen LogP contribution in [0.1, 0.15) is 31.2 Å². The zero-order valence-corrected chi connectivity index (χ0v) is 12.6. The molecule has 2 N–H and O–H groups in total. The molecule has 0 spiro atoms. The molecule has 2 rings (SSSR count). The number of aromatic hydroxyl groups is 1. The molecule has 4 nitrogen and oxygen atoms in total. The fraction of sp³-hybridized carbons (Fsp3) is 0.625. The van der Waals surface area contributed by atoms with Crippen LogP contribution in [-0.2, 0) is 6.54 Å². The van der Waals surface area contributed by atoms with E-state index in [4.69, 9.17) is 4.74 Å². The van der Waals surface area contributed by atoms with Crippen molar-refractivity contribution < 1.29 is 9.84 Å². The van der Waals surface area contributed by atoms with Crippen molar-refractivity contribution in [2.45, 2.75) is 38.3 Å². The van der Waals surface area contributed by atoms with Gasteiger partial charge in [0.25, 0.3) is 0 Å². The minimum atomic E-state index is 0.204. The lowest BCUT2D eigenvalue weighted by Gasteiger charge is -2.24. The van der Waals surface area contributed by atoms with Gasteiger partial charge in [-0.1, -0.05) is 18.9 Å². The predicted molar refractivity (Wildman–Crippen MR) is 81.3 cm³/mol. The van der Waals surface area contributed by atoms with Crippen LogP contribution in [0.2, 0.25) is 0 Å². The Labute approximate surface area is 121 Å². The molecule has 0 amide bonds. The second-order valence-electron chi connectivity index (χ2n) is 5.60. The SMILES string of the molecule is COc1ccc(CNCCN(C)C2CCCC2)cc1O. The fourth-order valence-electron chi connectivity index (χ4n) is 2.86. The number of nitrogens with zero attached hydrogens (tertiary/aromatic N) is 1. The van der Waals surface area contributed by atoms with E-state index in [1.807, 2.05) is 6.07 Å². The number of likely N-dealkylation sites (N-methyl/N-ethyl adjacent to an activating group) is 1. The van der Waals surface area contributed by atoms with E-state index in [0.717, 1.165) is 31.2 Å². The topological polar surface area (TPSA) is 44.7 Å². The van der Waals surface area contributed by atoms with E-state index in [9.17, 15) is 5.11 Å². The largest absolute Gasteiger partial charge is 0.504 e. The molecule has 0 radical (unpaired) electrons. The van der Waals surface area contributed by atoms with Crippen LogP contribution < -0.4 is 10.1 Å². The van der Waals surface area contributed by atoms with Crippen molar-refractivity contribution >= 4 is 0 Å². The van der Waals surface area contributed by atoms with E-state index in [0.29, 0.717) is 5.75 Å². The molecule has 0 saturated heterocycles. The molecule has 1 aromatic carbocycles. The van der Waals surface area contributed by atoms with E-state index < -0.39 is 0 Å². The van der Waals surface area contributed by atoms with E-state index in [1.54, 1.807) is 19.2 Å². The predicted octanol–water partition coefficient (Wildman–Crippen LogP) is 2.36. The molecule has 0 aliphatic heterocycles. The van der Waals surface area contributed by atoms with Crippen molar-refractivity contribution in [2.75, 3.05) is 27.2 Å². The molecule has 1 saturated carbocycles. The van der Waals surface area contributed by atoms with Crippen LogP contribution in [0.25, 0.3) is 0 Å². The molecule has 4 heteroatoms. The highest BCUT2D eigenvalue weighted by Crippen LogP contribution is 2.26. The van der Waals surface area contributed by atoms with Crippen LogP contribution in [0.3, 0.4) is 0 Å². The van der Waals surface area contributed by atoms with Gasteiger partial charge in [0.1, 0.15) is 0 Å². The third kappa shape index (κ3) is 4.12. The van der Waals surface area contributed by atoms with E-state index in [1.165, 1.54) is 25.7 Å². The van der Waals surface area contributed by atoms with Gasteiger partial charge in [0, 0.05) is 25.7 Å². The summed E-state index contributed by atoms with van der Waals surface area (Å²) < 4.78 is 5.04. The number of rotatable bonds is 7. The third-order valence-electron chi connectivity index (χ3n) is 4.16. The molecule has 0 unspecified atom stereocenters. The Balaban J connectivity index is 1.69. The van der Waals surface area contributed by atoms with E-state index >= 15 is 0 Å². The van der Waals surface area contributed by atoms with Crippen LogP contribution in [0, 0.1) is 0 Å². The molecule has 0 heterocycles. The summed E-state index contributed by atoms with van der Waals surface area (Å²) in [6, 6.07) is 6.32. The Morgan fingerprint density at radius 3 is 2.75 bits per heavy atom. The second-order valence-corrected chi connectivity index (χ2v) is 5.60. The number of nitrogens with one attached hydrogen (secondary N) is 1. The highest BCUT2D eigenvalue weighted by Gasteiger charge is 2.18. The van der Waals surface area contributed by atoms with Crippen LogP contribution in [0.15, 0.2) is 18.2 Å². The Kier molecular flexibility index (Phi) is 5.68. The number of methoxy groups -OCH3 is 1. The van der Waals surface area contributed by atoms with Crippen LogP contribution in [-0.4, -0.2) is 43.3 Å². The molecular formula is C16H26N2O2. The van der Waals surface area contributed by atoms with Gasteiger partial charge >= 0.3 is 0 Å². The number of phenols is 1. The van der Waals surface area contributed by atoms with Crippen molar-refractivity contribution in [3.63, 3.8) is 0 Å². The molecule has 1 aromatic rings. The Morgan fingerprint density at radius 1 is 1.35 bits per heavy atom. The van der Waals surface area contributed by atoms with Gasteiger partial charge in [-0.05, 0) is 37.6 Å². The Hall–Kier alpha value is -1.26. The monoisotopic (exact) mass is 278 g/mol. The first-order valence-corrected chi connectivity index (χ1v) is 7.47. The lowest BCUT2D eigenvalue weighted by molar-refractivity contribution is 0.245.